The van der Waals surface area contributed by atoms with Gasteiger partial charge in [0.05, 0.1) is 10.6 Å². The van der Waals surface area contributed by atoms with E-state index in [1.165, 1.54) is 35.4 Å². The number of nitrogens with one attached hydrogen (secondary N) is 2. The van der Waals surface area contributed by atoms with Crippen molar-refractivity contribution in [3.8, 4) is 0 Å². The van der Waals surface area contributed by atoms with Crippen LogP contribution in [0.4, 0.5) is 0 Å². The van der Waals surface area contributed by atoms with Gasteiger partial charge in [-0.25, -0.2) is 0 Å². The van der Waals surface area contributed by atoms with Crippen LogP contribution in [0.5, 0.6) is 0 Å². The molecular weight excluding hydrogens is 276 g/mol. The molecule has 0 saturated heterocycles. The third-order valence-electron chi connectivity index (χ3n) is 3.76. The van der Waals surface area contributed by atoms with E-state index in [1.807, 2.05) is 7.05 Å². The molecule has 2 N–H and O–H groups in total. The van der Waals surface area contributed by atoms with E-state index >= 15 is 0 Å². The van der Waals surface area contributed by atoms with E-state index in [0.29, 0.717) is 5.92 Å². The molecule has 3 heteroatoms. The zero-order valence-corrected chi connectivity index (χ0v) is 14.7. The molecule has 1 rings (SSSR count). The lowest BCUT2D eigenvalue weighted by Gasteiger charge is -2.18. The highest BCUT2D eigenvalue weighted by molar-refractivity contribution is 7.11. The van der Waals surface area contributed by atoms with Crippen molar-refractivity contribution in [3.63, 3.8) is 0 Å². The summed E-state index contributed by atoms with van der Waals surface area (Å²) in [5.41, 5.74) is 2.66. The number of hydrogen-bond acceptors (Lipinski definition) is 3. The fraction of sp³-hybridized carbons (Fsp3) is 0.556. The van der Waals surface area contributed by atoms with Gasteiger partial charge in [0.1, 0.15) is 0 Å². The van der Waals surface area contributed by atoms with Crippen LogP contribution in [0.1, 0.15) is 44.9 Å². The zero-order chi connectivity index (χ0) is 15.5. The molecule has 0 aromatic carbocycles. The molecule has 0 aliphatic rings. The summed E-state index contributed by atoms with van der Waals surface area (Å²) in [6.45, 7) is 8.87. The van der Waals surface area contributed by atoms with Crippen molar-refractivity contribution < 1.29 is 0 Å². The Morgan fingerprint density at radius 3 is 2.67 bits per heavy atom. The van der Waals surface area contributed by atoms with E-state index in [0.717, 1.165) is 13.1 Å². The van der Waals surface area contributed by atoms with Crippen LogP contribution in [0, 0.1) is 5.92 Å². The first-order valence-corrected chi connectivity index (χ1v) is 8.94. The van der Waals surface area contributed by atoms with Crippen molar-refractivity contribution in [2.45, 2.75) is 40.0 Å². The van der Waals surface area contributed by atoms with Crippen molar-refractivity contribution >= 4 is 17.0 Å². The van der Waals surface area contributed by atoms with Crippen molar-refractivity contribution in [3.05, 3.63) is 40.1 Å². The first-order valence-electron chi connectivity index (χ1n) is 8.07. The molecule has 0 aliphatic heterocycles. The summed E-state index contributed by atoms with van der Waals surface area (Å²) >= 11 is 1.78. The maximum absolute atomic E-state index is 3.51. The van der Waals surface area contributed by atoms with E-state index in [2.05, 4.69) is 61.1 Å². The topological polar surface area (TPSA) is 24.1 Å². The van der Waals surface area contributed by atoms with Crippen LogP contribution in [0.25, 0.3) is 5.70 Å². The highest BCUT2D eigenvalue weighted by Gasteiger charge is 2.11. The van der Waals surface area contributed by atoms with Gasteiger partial charge in [0.2, 0.25) is 0 Å². The van der Waals surface area contributed by atoms with Crippen LogP contribution in [0.2, 0.25) is 0 Å². The first kappa shape index (κ1) is 18.0. The second-order valence-electron chi connectivity index (χ2n) is 5.22. The molecule has 1 atom stereocenters. The summed E-state index contributed by atoms with van der Waals surface area (Å²) in [5.74, 6) is 0.627. The second-order valence-corrected chi connectivity index (χ2v) is 6.17. The van der Waals surface area contributed by atoms with E-state index in [9.17, 15) is 0 Å². The number of rotatable bonds is 10. The van der Waals surface area contributed by atoms with E-state index in [4.69, 9.17) is 0 Å². The van der Waals surface area contributed by atoms with Crippen LogP contribution < -0.4 is 10.6 Å². The predicted octanol–water partition coefficient (Wildman–Crippen LogP) is 4.67. The lowest BCUT2D eigenvalue weighted by molar-refractivity contribution is 0.515. The molecule has 0 amide bonds. The maximum atomic E-state index is 3.51. The van der Waals surface area contributed by atoms with Gasteiger partial charge in [-0.05, 0) is 68.3 Å². The molecule has 0 spiro atoms. The van der Waals surface area contributed by atoms with Gasteiger partial charge >= 0.3 is 0 Å². The highest BCUT2D eigenvalue weighted by atomic mass is 32.1. The lowest BCUT2D eigenvalue weighted by Crippen LogP contribution is -2.19. The van der Waals surface area contributed by atoms with E-state index < -0.39 is 0 Å². The summed E-state index contributed by atoms with van der Waals surface area (Å²) in [7, 11) is 2.00. The third-order valence-corrected chi connectivity index (χ3v) is 4.66. The maximum Gasteiger partial charge on any atom is 0.0515 e. The van der Waals surface area contributed by atoms with Crippen LogP contribution in [-0.4, -0.2) is 20.1 Å². The molecule has 1 aromatic rings. The smallest absolute Gasteiger partial charge is 0.0515 e. The minimum absolute atomic E-state index is 0.627. The Morgan fingerprint density at radius 2 is 2.14 bits per heavy atom. The standard InChI is InChI=1S/C18H30N2S/c1-5-11-20-12-10-15(6-2)16(7-3)14-17(19-4)18-9-8-13-21-18/h7-9,13-15,19-20H,5-6,10-12H2,1-4H3/b16-7-,17-14-. The van der Waals surface area contributed by atoms with Crippen molar-refractivity contribution in [2.75, 3.05) is 20.1 Å². The Hall–Kier alpha value is -1.06. The van der Waals surface area contributed by atoms with Gasteiger partial charge in [-0.15, -0.1) is 11.3 Å². The Kier molecular flexibility index (Phi) is 9.11. The van der Waals surface area contributed by atoms with Crippen molar-refractivity contribution in [1.29, 1.82) is 0 Å². The molecule has 1 unspecified atom stereocenters. The summed E-state index contributed by atoms with van der Waals surface area (Å²) in [6.07, 6.45) is 8.17. The van der Waals surface area contributed by atoms with Gasteiger partial charge in [0, 0.05) is 7.05 Å². The van der Waals surface area contributed by atoms with Crippen LogP contribution in [0.3, 0.4) is 0 Å². The Balaban J connectivity index is 2.74. The minimum atomic E-state index is 0.627. The average molecular weight is 307 g/mol. The summed E-state index contributed by atoms with van der Waals surface area (Å²) in [4.78, 5) is 1.30. The fourth-order valence-electron chi connectivity index (χ4n) is 2.49. The zero-order valence-electron chi connectivity index (χ0n) is 13.9. The van der Waals surface area contributed by atoms with Gasteiger partial charge in [0.25, 0.3) is 0 Å². The minimum Gasteiger partial charge on any atom is -0.387 e. The molecule has 21 heavy (non-hydrogen) atoms. The summed E-state index contributed by atoms with van der Waals surface area (Å²) in [6, 6.07) is 4.27. The average Bonchev–Trinajstić information content (AvgIpc) is 3.04. The fourth-order valence-corrected chi connectivity index (χ4v) is 3.24. The number of thiophene rings is 1. The molecular formula is C18H30N2S. The first-order chi connectivity index (χ1) is 10.3. The van der Waals surface area contributed by atoms with Crippen molar-refractivity contribution in [2.24, 2.45) is 5.92 Å². The Morgan fingerprint density at radius 1 is 1.33 bits per heavy atom. The molecule has 1 heterocycles. The normalized spacial score (nSPS) is 14.3. The Bertz CT molecular complexity index is 432. The molecule has 1 aromatic heterocycles. The van der Waals surface area contributed by atoms with Gasteiger partial charge in [-0.1, -0.05) is 26.0 Å². The monoisotopic (exact) mass is 306 g/mol. The summed E-state index contributed by atoms with van der Waals surface area (Å²) < 4.78 is 0. The predicted molar refractivity (Wildman–Crippen MR) is 96.7 cm³/mol. The summed E-state index contributed by atoms with van der Waals surface area (Å²) in [5, 5.41) is 8.98. The van der Waals surface area contributed by atoms with E-state index in [1.54, 1.807) is 11.3 Å². The quantitative estimate of drug-likeness (QED) is 0.485. The third kappa shape index (κ3) is 6.06. The molecule has 0 fully saturated rings. The molecule has 118 valence electrons. The van der Waals surface area contributed by atoms with Crippen molar-refractivity contribution in [1.82, 2.24) is 10.6 Å². The number of allylic oxidation sites excluding steroid dienone is 3. The molecule has 0 aliphatic carbocycles. The Labute approximate surface area is 134 Å². The van der Waals surface area contributed by atoms with Gasteiger partial charge in [-0.2, -0.15) is 0 Å². The molecule has 0 radical (unpaired) electrons. The molecule has 2 nitrogen and oxygen atoms in total. The highest BCUT2D eigenvalue weighted by Crippen LogP contribution is 2.25. The number of hydrogen-bond donors (Lipinski definition) is 2. The van der Waals surface area contributed by atoms with E-state index in [-0.39, 0.29) is 0 Å². The molecule has 0 saturated carbocycles. The van der Waals surface area contributed by atoms with Crippen LogP contribution >= 0.6 is 11.3 Å². The lowest BCUT2D eigenvalue weighted by atomic mass is 9.91. The van der Waals surface area contributed by atoms with Gasteiger partial charge < -0.3 is 10.6 Å². The molecule has 0 bridgehead atoms. The largest absolute Gasteiger partial charge is 0.387 e. The van der Waals surface area contributed by atoms with Crippen LogP contribution in [0.15, 0.2) is 35.2 Å². The van der Waals surface area contributed by atoms with Gasteiger partial charge in [-0.3, -0.25) is 0 Å². The SMILES string of the molecule is C/C=C(/C=C(\NC)c1cccs1)C(CC)CCNCCC. The van der Waals surface area contributed by atoms with Gasteiger partial charge in [0.15, 0.2) is 0 Å². The van der Waals surface area contributed by atoms with Crippen LogP contribution in [-0.2, 0) is 0 Å². The second kappa shape index (κ2) is 10.6.